The number of aryl methyl sites for hydroxylation is 2. The minimum absolute atomic E-state index is 0.0352. The summed E-state index contributed by atoms with van der Waals surface area (Å²) in [7, 11) is 0. The minimum atomic E-state index is -0.0422. The number of urea groups is 1. The number of carbonyl (C=O) groups is 1. The molecule has 3 rings (SSSR count). The number of ether oxygens (including phenoxy) is 1. The van der Waals surface area contributed by atoms with E-state index >= 15 is 0 Å². The van der Waals surface area contributed by atoms with Crippen molar-refractivity contribution in [2.45, 2.75) is 45.7 Å². The highest BCUT2D eigenvalue weighted by atomic mass is 32.1. The molecular weight excluding hydrogens is 324 g/mol. The minimum Gasteiger partial charge on any atom is -0.379 e. The van der Waals surface area contributed by atoms with Crippen molar-refractivity contribution in [3.8, 4) is 0 Å². The SMILES string of the molecule is Cc1nc([C@@H](C)NC(=O)N2CCC(N3CCOCC3)CC2)c(C)s1. The van der Waals surface area contributed by atoms with Crippen LogP contribution in [0.25, 0.3) is 0 Å². The van der Waals surface area contributed by atoms with Crippen molar-refractivity contribution >= 4 is 17.4 Å². The van der Waals surface area contributed by atoms with E-state index in [2.05, 4.69) is 22.1 Å². The second kappa shape index (κ2) is 7.80. The first kappa shape index (κ1) is 17.6. The van der Waals surface area contributed by atoms with Crippen LogP contribution in [-0.4, -0.2) is 66.2 Å². The first-order valence-corrected chi connectivity index (χ1v) is 9.67. The summed E-state index contributed by atoms with van der Waals surface area (Å²) in [4.78, 5) is 22.7. The van der Waals surface area contributed by atoms with Gasteiger partial charge in [-0.15, -0.1) is 11.3 Å². The fourth-order valence-electron chi connectivity index (χ4n) is 3.67. The molecule has 3 heterocycles. The van der Waals surface area contributed by atoms with Crippen molar-refractivity contribution in [1.29, 1.82) is 0 Å². The molecule has 2 aliphatic rings. The van der Waals surface area contributed by atoms with Crippen LogP contribution in [0.4, 0.5) is 4.79 Å². The summed E-state index contributed by atoms with van der Waals surface area (Å²) in [6.45, 7) is 11.5. The Hall–Kier alpha value is -1.18. The molecule has 0 radical (unpaired) electrons. The zero-order chi connectivity index (χ0) is 17.1. The predicted octanol–water partition coefficient (Wildman–Crippen LogP) is 2.33. The topological polar surface area (TPSA) is 57.7 Å². The third-order valence-corrected chi connectivity index (χ3v) is 5.91. The van der Waals surface area contributed by atoms with Gasteiger partial charge in [-0.2, -0.15) is 0 Å². The van der Waals surface area contributed by atoms with Gasteiger partial charge >= 0.3 is 6.03 Å². The van der Waals surface area contributed by atoms with E-state index in [9.17, 15) is 4.79 Å². The summed E-state index contributed by atoms with van der Waals surface area (Å²) < 4.78 is 5.43. The molecule has 0 spiro atoms. The van der Waals surface area contributed by atoms with Crippen LogP contribution in [0.5, 0.6) is 0 Å². The van der Waals surface area contributed by atoms with Crippen molar-refractivity contribution in [3.63, 3.8) is 0 Å². The van der Waals surface area contributed by atoms with E-state index in [4.69, 9.17) is 4.74 Å². The Morgan fingerprint density at radius 3 is 2.50 bits per heavy atom. The van der Waals surface area contributed by atoms with Gasteiger partial charge in [0, 0.05) is 37.1 Å². The molecular formula is C17H28N4O2S. The number of likely N-dealkylation sites (tertiary alicyclic amines) is 1. The molecule has 1 N–H and O–H groups in total. The number of amides is 2. The van der Waals surface area contributed by atoms with Gasteiger partial charge in [0.25, 0.3) is 0 Å². The third-order valence-electron chi connectivity index (χ3n) is 5.00. The molecule has 1 atom stereocenters. The summed E-state index contributed by atoms with van der Waals surface area (Å²) in [6, 6.07) is 0.589. The molecule has 2 saturated heterocycles. The summed E-state index contributed by atoms with van der Waals surface area (Å²) in [5, 5.41) is 4.16. The number of thiazole rings is 1. The quantitative estimate of drug-likeness (QED) is 0.907. The third kappa shape index (κ3) is 4.07. The molecule has 0 unspecified atom stereocenters. The first-order chi connectivity index (χ1) is 11.5. The summed E-state index contributed by atoms with van der Waals surface area (Å²) in [6.07, 6.45) is 2.10. The molecule has 2 amide bonds. The second-order valence-electron chi connectivity index (χ2n) is 6.71. The zero-order valence-corrected chi connectivity index (χ0v) is 15.7. The van der Waals surface area contributed by atoms with Gasteiger partial charge in [-0.3, -0.25) is 4.90 Å². The highest BCUT2D eigenvalue weighted by molar-refractivity contribution is 7.11. The Labute approximate surface area is 148 Å². The van der Waals surface area contributed by atoms with Crippen LogP contribution in [0, 0.1) is 13.8 Å². The molecule has 2 fully saturated rings. The largest absolute Gasteiger partial charge is 0.379 e. The molecule has 24 heavy (non-hydrogen) atoms. The normalized spacial score (nSPS) is 21.7. The van der Waals surface area contributed by atoms with E-state index in [1.54, 1.807) is 11.3 Å². The first-order valence-electron chi connectivity index (χ1n) is 8.85. The maximum atomic E-state index is 12.5. The monoisotopic (exact) mass is 352 g/mol. The van der Waals surface area contributed by atoms with Gasteiger partial charge in [-0.05, 0) is 33.6 Å². The Morgan fingerprint density at radius 1 is 1.25 bits per heavy atom. The van der Waals surface area contributed by atoms with Gasteiger partial charge in [0.1, 0.15) is 0 Å². The Bertz CT molecular complexity index is 563. The van der Waals surface area contributed by atoms with E-state index in [0.717, 1.165) is 62.9 Å². The molecule has 134 valence electrons. The van der Waals surface area contributed by atoms with Gasteiger partial charge in [-0.25, -0.2) is 9.78 Å². The number of rotatable bonds is 3. The van der Waals surface area contributed by atoms with Gasteiger partial charge in [0.2, 0.25) is 0 Å². The lowest BCUT2D eigenvalue weighted by atomic mass is 10.0. The molecule has 0 aromatic carbocycles. The Balaban J connectivity index is 1.49. The summed E-state index contributed by atoms with van der Waals surface area (Å²) >= 11 is 1.68. The fourth-order valence-corrected chi connectivity index (χ4v) is 4.58. The van der Waals surface area contributed by atoms with Gasteiger partial charge in [0.05, 0.1) is 30.0 Å². The van der Waals surface area contributed by atoms with Crippen molar-refractivity contribution in [1.82, 2.24) is 20.1 Å². The lowest BCUT2D eigenvalue weighted by molar-refractivity contribution is 0.00374. The standard InChI is InChI=1S/C17H28N4O2S/c1-12(16-13(2)24-14(3)19-16)18-17(22)21-6-4-15(5-7-21)20-8-10-23-11-9-20/h12,15H,4-11H2,1-3H3,(H,18,22)/t12-/m1/s1. The number of hydrogen-bond donors (Lipinski definition) is 1. The average Bonchev–Trinajstić information content (AvgIpc) is 2.94. The van der Waals surface area contributed by atoms with Crippen LogP contribution in [0.2, 0.25) is 0 Å². The number of morpholine rings is 1. The number of nitrogens with zero attached hydrogens (tertiary/aromatic N) is 3. The molecule has 0 saturated carbocycles. The van der Waals surface area contributed by atoms with E-state index in [1.807, 2.05) is 18.7 Å². The number of hydrogen-bond acceptors (Lipinski definition) is 5. The lowest BCUT2D eigenvalue weighted by Crippen LogP contribution is -2.52. The van der Waals surface area contributed by atoms with Crippen LogP contribution in [0.3, 0.4) is 0 Å². The number of carbonyl (C=O) groups excluding carboxylic acids is 1. The fraction of sp³-hybridized carbons (Fsp3) is 0.765. The number of aromatic nitrogens is 1. The van der Waals surface area contributed by atoms with Crippen LogP contribution in [-0.2, 0) is 4.74 Å². The zero-order valence-electron chi connectivity index (χ0n) is 14.9. The lowest BCUT2D eigenvalue weighted by Gasteiger charge is -2.40. The van der Waals surface area contributed by atoms with Crippen LogP contribution < -0.4 is 5.32 Å². The van der Waals surface area contributed by atoms with E-state index in [0.29, 0.717) is 6.04 Å². The molecule has 1 aromatic heterocycles. The highest BCUT2D eigenvalue weighted by Crippen LogP contribution is 2.23. The Morgan fingerprint density at radius 2 is 1.92 bits per heavy atom. The van der Waals surface area contributed by atoms with E-state index < -0.39 is 0 Å². The van der Waals surface area contributed by atoms with Crippen molar-refractivity contribution in [2.75, 3.05) is 39.4 Å². The molecule has 6 nitrogen and oxygen atoms in total. The summed E-state index contributed by atoms with van der Waals surface area (Å²) in [5.41, 5.74) is 0.994. The summed E-state index contributed by atoms with van der Waals surface area (Å²) in [5.74, 6) is 0. The Kier molecular flexibility index (Phi) is 5.73. The number of piperidine rings is 1. The molecule has 1 aromatic rings. The maximum absolute atomic E-state index is 12.5. The predicted molar refractivity (Wildman–Crippen MR) is 95.5 cm³/mol. The van der Waals surface area contributed by atoms with Crippen molar-refractivity contribution in [2.24, 2.45) is 0 Å². The average molecular weight is 353 g/mol. The van der Waals surface area contributed by atoms with Gasteiger partial charge in [-0.1, -0.05) is 0 Å². The number of nitrogens with one attached hydrogen (secondary N) is 1. The highest BCUT2D eigenvalue weighted by Gasteiger charge is 2.28. The van der Waals surface area contributed by atoms with Gasteiger partial charge in [0.15, 0.2) is 0 Å². The van der Waals surface area contributed by atoms with E-state index in [1.165, 1.54) is 4.88 Å². The van der Waals surface area contributed by atoms with Crippen molar-refractivity contribution in [3.05, 3.63) is 15.6 Å². The van der Waals surface area contributed by atoms with Crippen molar-refractivity contribution < 1.29 is 9.53 Å². The van der Waals surface area contributed by atoms with Gasteiger partial charge < -0.3 is 15.0 Å². The second-order valence-corrected chi connectivity index (χ2v) is 8.12. The van der Waals surface area contributed by atoms with Crippen LogP contribution >= 0.6 is 11.3 Å². The molecule has 0 aliphatic carbocycles. The van der Waals surface area contributed by atoms with E-state index in [-0.39, 0.29) is 12.1 Å². The molecule has 7 heteroatoms. The molecule has 0 bridgehead atoms. The van der Waals surface area contributed by atoms with Crippen LogP contribution in [0.1, 0.15) is 41.4 Å². The smallest absolute Gasteiger partial charge is 0.317 e. The van der Waals surface area contributed by atoms with Crippen LogP contribution in [0.15, 0.2) is 0 Å². The maximum Gasteiger partial charge on any atom is 0.317 e. The molecule has 2 aliphatic heterocycles.